The van der Waals surface area contributed by atoms with Gasteiger partial charge in [0.05, 0.1) is 6.04 Å². The summed E-state index contributed by atoms with van der Waals surface area (Å²) in [6, 6.07) is 0.735. The number of halogens is 3. The minimum absolute atomic E-state index is 0.407. The molecule has 3 heterocycles. The summed E-state index contributed by atoms with van der Waals surface area (Å²) >= 11 is 0. The molecule has 0 radical (unpaired) electrons. The smallest absolute Gasteiger partial charge is 0.433 e. The van der Waals surface area contributed by atoms with E-state index in [9.17, 15) is 22.8 Å². The number of alkyl halides is 3. The molecule has 0 fully saturated rings. The lowest BCUT2D eigenvalue weighted by Crippen LogP contribution is -2.38. The number of carbonyl (C=O) groups excluding carboxylic acids is 1. The van der Waals surface area contributed by atoms with Crippen LogP contribution in [0.1, 0.15) is 69.7 Å². The molecule has 1 aliphatic heterocycles. The molecule has 0 aliphatic carbocycles. The van der Waals surface area contributed by atoms with E-state index in [1.165, 1.54) is 15.3 Å². The molecular weight excluding hydrogens is 389 g/mol. The van der Waals surface area contributed by atoms with Crippen LogP contribution in [0.3, 0.4) is 0 Å². The highest BCUT2D eigenvalue weighted by Crippen LogP contribution is 2.29. The number of nitrogens with zero attached hydrogens (tertiary/aromatic N) is 4. The van der Waals surface area contributed by atoms with Gasteiger partial charge in [-0.25, -0.2) is 14.3 Å². The fraction of sp³-hybridized carbons (Fsp3) is 0.579. The van der Waals surface area contributed by atoms with E-state index in [1.54, 1.807) is 27.7 Å². The van der Waals surface area contributed by atoms with Crippen molar-refractivity contribution in [3.63, 3.8) is 0 Å². The van der Waals surface area contributed by atoms with Crippen LogP contribution in [0.2, 0.25) is 0 Å². The van der Waals surface area contributed by atoms with Crippen LogP contribution < -0.4 is 5.69 Å². The van der Waals surface area contributed by atoms with Gasteiger partial charge in [-0.1, -0.05) is 6.07 Å². The Morgan fingerprint density at radius 1 is 1.28 bits per heavy atom. The predicted molar refractivity (Wildman–Crippen MR) is 97.4 cm³/mol. The number of aryl methyl sites for hydroxylation is 1. The van der Waals surface area contributed by atoms with Gasteiger partial charge in [0.1, 0.15) is 23.2 Å². The van der Waals surface area contributed by atoms with Crippen molar-refractivity contribution >= 4 is 5.97 Å². The third-order valence-corrected chi connectivity index (χ3v) is 4.70. The maximum absolute atomic E-state index is 13.0. The Morgan fingerprint density at radius 3 is 2.52 bits per heavy atom. The Bertz CT molecular complexity index is 955. The van der Waals surface area contributed by atoms with Crippen molar-refractivity contribution in [1.82, 2.24) is 19.3 Å². The van der Waals surface area contributed by atoms with E-state index in [2.05, 4.69) is 10.1 Å². The zero-order valence-electron chi connectivity index (χ0n) is 16.7. The van der Waals surface area contributed by atoms with E-state index in [4.69, 9.17) is 4.74 Å². The fourth-order valence-electron chi connectivity index (χ4n) is 3.31. The van der Waals surface area contributed by atoms with Gasteiger partial charge in [0.25, 0.3) is 0 Å². The van der Waals surface area contributed by atoms with Gasteiger partial charge in [-0.15, -0.1) is 0 Å². The highest BCUT2D eigenvalue weighted by Gasteiger charge is 2.35. The monoisotopic (exact) mass is 412 g/mol. The molecule has 2 aromatic rings. The first-order chi connectivity index (χ1) is 13.4. The predicted octanol–water partition coefficient (Wildman–Crippen LogP) is 3.29. The van der Waals surface area contributed by atoms with Crippen LogP contribution in [0.4, 0.5) is 13.2 Å². The Hall–Kier alpha value is -2.65. The molecule has 0 amide bonds. The van der Waals surface area contributed by atoms with Gasteiger partial charge in [-0.05, 0) is 52.2 Å². The summed E-state index contributed by atoms with van der Waals surface area (Å²) in [6.07, 6.45) is -1.78. The Labute approximate surface area is 165 Å². The highest BCUT2D eigenvalue weighted by atomic mass is 19.4. The van der Waals surface area contributed by atoms with Crippen molar-refractivity contribution in [3.05, 3.63) is 45.9 Å². The van der Waals surface area contributed by atoms with E-state index in [1.807, 2.05) is 0 Å². The van der Waals surface area contributed by atoms with Crippen LogP contribution in [0.25, 0.3) is 0 Å². The number of carbonyl (C=O) groups is 1. The third-order valence-electron chi connectivity index (χ3n) is 4.70. The highest BCUT2D eigenvalue weighted by molar-refractivity contribution is 5.74. The summed E-state index contributed by atoms with van der Waals surface area (Å²) in [6.45, 7) is 6.90. The lowest BCUT2D eigenvalue weighted by molar-refractivity contribution is -0.159. The van der Waals surface area contributed by atoms with Gasteiger partial charge in [-0.3, -0.25) is 9.55 Å². The molecular formula is C19H23F3N4O3. The second kappa shape index (κ2) is 7.31. The first-order valence-corrected chi connectivity index (χ1v) is 9.34. The van der Waals surface area contributed by atoms with Gasteiger partial charge in [0.2, 0.25) is 0 Å². The van der Waals surface area contributed by atoms with Gasteiger partial charge >= 0.3 is 17.8 Å². The van der Waals surface area contributed by atoms with Gasteiger partial charge < -0.3 is 4.74 Å². The molecule has 2 aromatic heterocycles. The van der Waals surface area contributed by atoms with Crippen LogP contribution in [-0.2, 0) is 22.1 Å². The van der Waals surface area contributed by atoms with Crippen LogP contribution in [0.15, 0.2) is 23.1 Å². The molecule has 1 aliphatic rings. The van der Waals surface area contributed by atoms with Crippen LogP contribution >= 0.6 is 0 Å². The quantitative estimate of drug-likeness (QED) is 0.723. The topological polar surface area (TPSA) is 79.0 Å². The maximum atomic E-state index is 13.0. The standard InChI is InChI=1S/C19H23F3N4O3/c1-11(12-8-9-14(23-10-12)19(20,21)22)26-17(28)25-13(6-5-7-15(25)24-26)16(27)29-18(2,3)4/h8-11,13H,5-7H2,1-4H3/t11?,13-/m0/s1. The van der Waals surface area contributed by atoms with E-state index in [0.717, 1.165) is 12.3 Å². The molecule has 29 heavy (non-hydrogen) atoms. The molecule has 0 N–H and O–H groups in total. The lowest BCUT2D eigenvalue weighted by atomic mass is 10.0. The Kier molecular flexibility index (Phi) is 5.31. The zero-order valence-corrected chi connectivity index (χ0v) is 16.7. The van der Waals surface area contributed by atoms with E-state index in [0.29, 0.717) is 30.7 Å². The van der Waals surface area contributed by atoms with E-state index in [-0.39, 0.29) is 0 Å². The number of rotatable bonds is 3. The van der Waals surface area contributed by atoms with Crippen LogP contribution in [0, 0.1) is 0 Å². The van der Waals surface area contributed by atoms with Crippen molar-refractivity contribution in [2.75, 3.05) is 0 Å². The molecule has 0 bridgehead atoms. The molecule has 0 saturated carbocycles. The normalized spacial score (nSPS) is 18.2. The largest absolute Gasteiger partial charge is 0.458 e. The van der Waals surface area contributed by atoms with Gasteiger partial charge in [-0.2, -0.15) is 18.3 Å². The lowest BCUT2D eigenvalue weighted by Gasteiger charge is -2.26. The molecule has 158 valence electrons. The number of aromatic nitrogens is 4. The summed E-state index contributed by atoms with van der Waals surface area (Å²) in [5.41, 5.74) is -1.78. The molecule has 0 aromatic carbocycles. The SMILES string of the molecule is CC(c1ccc(C(F)(F)F)nc1)n1nc2n(c1=O)[C@H](C(=O)OC(C)(C)C)CCC2. The number of hydrogen-bond acceptors (Lipinski definition) is 5. The van der Waals surface area contributed by atoms with Crippen molar-refractivity contribution < 1.29 is 22.7 Å². The minimum atomic E-state index is -4.53. The fourth-order valence-corrected chi connectivity index (χ4v) is 3.31. The van der Waals surface area contributed by atoms with Crippen molar-refractivity contribution in [3.8, 4) is 0 Å². The van der Waals surface area contributed by atoms with E-state index >= 15 is 0 Å². The number of hydrogen-bond donors (Lipinski definition) is 0. The Morgan fingerprint density at radius 2 is 1.97 bits per heavy atom. The second-order valence-corrected chi connectivity index (χ2v) is 8.11. The molecule has 10 heteroatoms. The molecule has 1 unspecified atom stereocenters. The molecule has 0 spiro atoms. The van der Waals surface area contributed by atoms with Crippen molar-refractivity contribution in [1.29, 1.82) is 0 Å². The number of fused-ring (bicyclic) bond motifs is 1. The summed E-state index contributed by atoms with van der Waals surface area (Å²) in [4.78, 5) is 29.0. The van der Waals surface area contributed by atoms with Gasteiger partial charge in [0.15, 0.2) is 0 Å². The molecule has 7 nitrogen and oxygen atoms in total. The van der Waals surface area contributed by atoms with Gasteiger partial charge in [0, 0.05) is 12.6 Å². The first kappa shape index (κ1) is 21.1. The Balaban J connectivity index is 1.93. The number of ether oxygens (including phenoxy) is 1. The summed E-state index contributed by atoms with van der Waals surface area (Å²) in [7, 11) is 0. The number of esters is 1. The van der Waals surface area contributed by atoms with E-state index < -0.39 is 41.2 Å². The van der Waals surface area contributed by atoms with Crippen molar-refractivity contribution in [2.24, 2.45) is 0 Å². The van der Waals surface area contributed by atoms with Crippen molar-refractivity contribution in [2.45, 2.75) is 70.8 Å². The number of pyridine rings is 1. The summed E-state index contributed by atoms with van der Waals surface area (Å²) in [5.74, 6) is -0.0345. The maximum Gasteiger partial charge on any atom is 0.433 e. The average Bonchev–Trinajstić information content (AvgIpc) is 2.96. The summed E-state index contributed by atoms with van der Waals surface area (Å²) < 4.78 is 46.1. The van der Waals surface area contributed by atoms with Crippen LogP contribution in [-0.4, -0.2) is 30.9 Å². The van der Waals surface area contributed by atoms with Crippen LogP contribution in [0.5, 0.6) is 0 Å². The molecule has 2 atom stereocenters. The average molecular weight is 412 g/mol. The zero-order chi connectivity index (χ0) is 21.6. The second-order valence-electron chi connectivity index (χ2n) is 8.11. The molecule has 3 rings (SSSR count). The minimum Gasteiger partial charge on any atom is -0.458 e. The third kappa shape index (κ3) is 4.35. The summed E-state index contributed by atoms with van der Waals surface area (Å²) in [5, 5.41) is 4.34. The molecule has 0 saturated heterocycles. The first-order valence-electron chi connectivity index (χ1n) is 9.34.